The third-order valence-electron chi connectivity index (χ3n) is 2.66. The van der Waals surface area contributed by atoms with Gasteiger partial charge in [-0.25, -0.2) is 8.42 Å². The summed E-state index contributed by atoms with van der Waals surface area (Å²) in [6.07, 6.45) is 1.13. The Balaban J connectivity index is 2.03. The van der Waals surface area contributed by atoms with Crippen LogP contribution in [0.2, 0.25) is 0 Å². The number of hydrogen-bond acceptors (Lipinski definition) is 6. The average molecular weight is 275 g/mol. The molecule has 0 aliphatic carbocycles. The Morgan fingerprint density at radius 1 is 1.59 bits per heavy atom. The van der Waals surface area contributed by atoms with Crippen LogP contribution < -0.4 is 5.32 Å². The fourth-order valence-electron chi connectivity index (χ4n) is 1.77. The van der Waals surface area contributed by atoms with Crippen LogP contribution >= 0.6 is 11.5 Å². The van der Waals surface area contributed by atoms with Gasteiger partial charge < -0.3 is 5.32 Å². The minimum atomic E-state index is -2.97. The lowest BCUT2D eigenvalue weighted by atomic mass is 10.2. The molecule has 0 spiro atoms. The summed E-state index contributed by atoms with van der Waals surface area (Å²) >= 11 is 1.04. The van der Waals surface area contributed by atoms with E-state index in [0.29, 0.717) is 23.4 Å². The van der Waals surface area contributed by atoms with Crippen molar-refractivity contribution in [2.24, 2.45) is 0 Å². The van der Waals surface area contributed by atoms with Crippen LogP contribution in [0.1, 0.15) is 28.7 Å². The number of carbonyl (C=O) groups is 1. The molecule has 0 saturated carbocycles. The van der Waals surface area contributed by atoms with E-state index in [2.05, 4.69) is 14.9 Å². The second-order valence-corrected chi connectivity index (χ2v) is 6.96. The van der Waals surface area contributed by atoms with Crippen molar-refractivity contribution in [1.82, 2.24) is 14.9 Å². The first-order valence-electron chi connectivity index (χ1n) is 5.34. The predicted molar refractivity (Wildman–Crippen MR) is 63.8 cm³/mol. The van der Waals surface area contributed by atoms with Crippen molar-refractivity contribution in [2.75, 3.05) is 11.5 Å². The summed E-state index contributed by atoms with van der Waals surface area (Å²) in [6, 6.07) is -0.278. The first-order chi connectivity index (χ1) is 8.02. The molecule has 1 aliphatic heterocycles. The Labute approximate surface area is 104 Å². The Hall–Kier alpha value is -1.02. The lowest BCUT2D eigenvalue weighted by Gasteiger charge is -2.09. The van der Waals surface area contributed by atoms with Crippen LogP contribution in [0.3, 0.4) is 0 Å². The number of carbonyl (C=O) groups excluding carboxylic acids is 1. The van der Waals surface area contributed by atoms with Crippen molar-refractivity contribution in [3.8, 4) is 0 Å². The van der Waals surface area contributed by atoms with Gasteiger partial charge in [0.05, 0.1) is 17.2 Å². The molecule has 94 valence electrons. The van der Waals surface area contributed by atoms with Gasteiger partial charge in [0.25, 0.3) is 5.91 Å². The highest BCUT2D eigenvalue weighted by Gasteiger charge is 2.30. The first kappa shape index (κ1) is 12.4. The summed E-state index contributed by atoms with van der Waals surface area (Å²) in [6.45, 7) is 1.90. The largest absolute Gasteiger partial charge is 0.347 e. The van der Waals surface area contributed by atoms with Crippen LogP contribution in [0.25, 0.3) is 0 Å². The molecule has 17 heavy (non-hydrogen) atoms. The number of aryl methyl sites for hydroxylation is 1. The van der Waals surface area contributed by atoms with Gasteiger partial charge in [-0.1, -0.05) is 11.4 Å². The van der Waals surface area contributed by atoms with Gasteiger partial charge in [0.2, 0.25) is 0 Å². The molecule has 1 aromatic heterocycles. The molecule has 8 heteroatoms. The summed E-state index contributed by atoms with van der Waals surface area (Å²) in [4.78, 5) is 12.4. The van der Waals surface area contributed by atoms with Crippen LogP contribution in [0.4, 0.5) is 0 Å². The molecule has 0 aromatic carbocycles. The van der Waals surface area contributed by atoms with Gasteiger partial charge in [-0.2, -0.15) is 0 Å². The van der Waals surface area contributed by atoms with Gasteiger partial charge in [0.15, 0.2) is 9.84 Å². The molecule has 1 fully saturated rings. The van der Waals surface area contributed by atoms with Gasteiger partial charge in [0, 0.05) is 6.04 Å². The first-order valence-corrected chi connectivity index (χ1v) is 7.94. The third kappa shape index (κ3) is 2.81. The van der Waals surface area contributed by atoms with Crippen LogP contribution in [0.15, 0.2) is 0 Å². The van der Waals surface area contributed by atoms with E-state index in [0.717, 1.165) is 11.5 Å². The fraction of sp³-hybridized carbons (Fsp3) is 0.667. The van der Waals surface area contributed by atoms with E-state index >= 15 is 0 Å². The van der Waals surface area contributed by atoms with Crippen molar-refractivity contribution in [2.45, 2.75) is 25.8 Å². The van der Waals surface area contributed by atoms with E-state index in [4.69, 9.17) is 0 Å². The Morgan fingerprint density at radius 2 is 2.35 bits per heavy atom. The van der Waals surface area contributed by atoms with Crippen LogP contribution in [0.5, 0.6) is 0 Å². The quantitative estimate of drug-likeness (QED) is 0.840. The molecule has 1 unspecified atom stereocenters. The molecule has 6 nitrogen and oxygen atoms in total. The molecule has 2 rings (SSSR count). The molecule has 1 atom stereocenters. The van der Waals surface area contributed by atoms with E-state index < -0.39 is 9.84 Å². The highest BCUT2D eigenvalue weighted by atomic mass is 32.2. The predicted octanol–water partition coefficient (Wildman–Crippen LogP) is 0.0174. The summed E-state index contributed by atoms with van der Waals surface area (Å²) in [5.74, 6) is -0.0784. The molecule has 2 heterocycles. The average Bonchev–Trinajstić information content (AvgIpc) is 2.84. The molecule has 1 saturated heterocycles. The lowest BCUT2D eigenvalue weighted by Crippen LogP contribution is -2.35. The zero-order valence-electron chi connectivity index (χ0n) is 9.34. The molecule has 1 N–H and O–H groups in total. The fourth-order valence-corrected chi connectivity index (χ4v) is 4.10. The number of amides is 1. The Morgan fingerprint density at radius 3 is 2.94 bits per heavy atom. The summed E-state index contributed by atoms with van der Waals surface area (Å²) in [7, 11) is -2.97. The zero-order chi connectivity index (χ0) is 12.5. The zero-order valence-corrected chi connectivity index (χ0v) is 11.0. The van der Waals surface area contributed by atoms with E-state index in [9.17, 15) is 13.2 Å². The molecule has 1 aromatic rings. The molecule has 1 aliphatic rings. The normalized spacial score (nSPS) is 22.5. The van der Waals surface area contributed by atoms with Crippen molar-refractivity contribution >= 4 is 27.3 Å². The summed E-state index contributed by atoms with van der Waals surface area (Å²) < 4.78 is 26.2. The van der Waals surface area contributed by atoms with E-state index in [1.54, 1.807) is 0 Å². The number of nitrogens with zero attached hydrogens (tertiary/aromatic N) is 2. The molecule has 0 bridgehead atoms. The summed E-state index contributed by atoms with van der Waals surface area (Å²) in [5.41, 5.74) is 0.661. The van der Waals surface area contributed by atoms with Crippen LogP contribution in [-0.4, -0.2) is 41.5 Å². The van der Waals surface area contributed by atoms with Gasteiger partial charge in [-0.15, -0.1) is 5.10 Å². The second kappa shape index (κ2) is 4.69. The SMILES string of the molecule is CCc1nnsc1C(=O)NC1CCS(=O)(=O)C1. The van der Waals surface area contributed by atoms with Crippen molar-refractivity contribution in [1.29, 1.82) is 0 Å². The number of aromatic nitrogens is 2. The van der Waals surface area contributed by atoms with Crippen molar-refractivity contribution < 1.29 is 13.2 Å². The standard InChI is InChI=1S/C9H13N3O3S2/c1-2-7-8(16-12-11-7)9(13)10-6-3-4-17(14,15)5-6/h6H,2-5H2,1H3,(H,10,13). The molecule has 0 radical (unpaired) electrons. The van der Waals surface area contributed by atoms with Crippen LogP contribution in [0, 0.1) is 0 Å². The van der Waals surface area contributed by atoms with Gasteiger partial charge in [-0.05, 0) is 24.4 Å². The van der Waals surface area contributed by atoms with E-state index in [1.807, 2.05) is 6.92 Å². The molecular weight excluding hydrogens is 262 g/mol. The number of hydrogen-bond donors (Lipinski definition) is 1. The number of rotatable bonds is 3. The highest BCUT2D eigenvalue weighted by Crippen LogP contribution is 2.15. The minimum absolute atomic E-state index is 0.0342. The molecule has 1 amide bonds. The smallest absolute Gasteiger partial charge is 0.265 e. The lowest BCUT2D eigenvalue weighted by molar-refractivity contribution is 0.0944. The second-order valence-electron chi connectivity index (χ2n) is 3.98. The maximum absolute atomic E-state index is 11.9. The molecular formula is C9H13N3O3S2. The number of nitrogens with one attached hydrogen (secondary N) is 1. The van der Waals surface area contributed by atoms with E-state index in [1.165, 1.54) is 0 Å². The highest BCUT2D eigenvalue weighted by molar-refractivity contribution is 7.91. The topological polar surface area (TPSA) is 89.0 Å². The minimum Gasteiger partial charge on any atom is -0.347 e. The monoisotopic (exact) mass is 275 g/mol. The Kier molecular flexibility index (Phi) is 3.43. The number of sulfone groups is 1. The van der Waals surface area contributed by atoms with Gasteiger partial charge >= 0.3 is 0 Å². The van der Waals surface area contributed by atoms with Crippen molar-refractivity contribution in [3.05, 3.63) is 10.6 Å². The van der Waals surface area contributed by atoms with E-state index in [-0.39, 0.29) is 23.5 Å². The van der Waals surface area contributed by atoms with Gasteiger partial charge in [0.1, 0.15) is 4.88 Å². The maximum Gasteiger partial charge on any atom is 0.265 e. The van der Waals surface area contributed by atoms with Crippen LogP contribution in [-0.2, 0) is 16.3 Å². The maximum atomic E-state index is 11.9. The van der Waals surface area contributed by atoms with Gasteiger partial charge in [-0.3, -0.25) is 4.79 Å². The Bertz CT molecular complexity index is 523. The van der Waals surface area contributed by atoms with Crippen molar-refractivity contribution in [3.63, 3.8) is 0 Å². The summed E-state index contributed by atoms with van der Waals surface area (Å²) in [5, 5.41) is 6.57. The third-order valence-corrected chi connectivity index (χ3v) is 5.20.